The van der Waals surface area contributed by atoms with Crippen molar-refractivity contribution in [2.75, 3.05) is 7.11 Å². The van der Waals surface area contributed by atoms with E-state index in [1.54, 1.807) is 7.11 Å². The zero-order valence-electron chi connectivity index (χ0n) is 15.9. The molecule has 3 rings (SSSR count). The highest BCUT2D eigenvalue weighted by molar-refractivity contribution is 5.74. The molecule has 2 N–H and O–H groups in total. The summed E-state index contributed by atoms with van der Waals surface area (Å²) in [4.78, 5) is 11.2. The van der Waals surface area contributed by atoms with Crippen molar-refractivity contribution in [1.82, 2.24) is 5.32 Å². The molecular formula is C22H27NO3. The van der Waals surface area contributed by atoms with Crippen LogP contribution in [0.2, 0.25) is 0 Å². The molecule has 0 saturated carbocycles. The van der Waals surface area contributed by atoms with Gasteiger partial charge >= 0.3 is 6.09 Å². The first-order valence-electron chi connectivity index (χ1n) is 9.15. The molecule has 1 aliphatic rings. The molecule has 0 radical (unpaired) electrons. The van der Waals surface area contributed by atoms with Gasteiger partial charge in [-0.3, -0.25) is 0 Å². The van der Waals surface area contributed by atoms with Crippen LogP contribution in [0, 0.1) is 5.41 Å². The summed E-state index contributed by atoms with van der Waals surface area (Å²) in [6.45, 7) is 6.37. The van der Waals surface area contributed by atoms with Crippen LogP contribution in [0.15, 0.2) is 36.4 Å². The number of hydrogen-bond donors (Lipinski definition) is 2. The van der Waals surface area contributed by atoms with Gasteiger partial charge in [-0.05, 0) is 52.6 Å². The number of ether oxygens (including phenoxy) is 1. The first-order valence-corrected chi connectivity index (χ1v) is 9.15. The van der Waals surface area contributed by atoms with E-state index in [0.717, 1.165) is 41.7 Å². The Morgan fingerprint density at radius 2 is 1.96 bits per heavy atom. The lowest BCUT2D eigenvalue weighted by molar-refractivity contribution is 0.175. The number of methoxy groups -OCH3 is 1. The Kier molecular flexibility index (Phi) is 4.94. The van der Waals surface area contributed by atoms with E-state index in [4.69, 9.17) is 4.74 Å². The third-order valence-corrected chi connectivity index (χ3v) is 5.27. The van der Waals surface area contributed by atoms with E-state index in [9.17, 15) is 9.90 Å². The smallest absolute Gasteiger partial charge is 0.405 e. The topological polar surface area (TPSA) is 58.6 Å². The standard InChI is InChI=1S/C22H27NO3/c1-5-6-14-7-9-15(10-8-14)17-11-16-13-22(2,3)20(23-21(24)25)18(16)12-19(17)26-4/h7-12,20,23H,5-6,13H2,1-4H3,(H,24,25). The predicted octanol–water partition coefficient (Wildman–Crippen LogP) is 5.21. The van der Waals surface area contributed by atoms with Crippen LogP contribution in [-0.4, -0.2) is 18.3 Å². The Balaban J connectivity index is 2.03. The van der Waals surface area contributed by atoms with Crippen LogP contribution in [0.3, 0.4) is 0 Å². The minimum Gasteiger partial charge on any atom is -0.496 e. The van der Waals surface area contributed by atoms with E-state index >= 15 is 0 Å². The van der Waals surface area contributed by atoms with Gasteiger partial charge in [0.1, 0.15) is 5.75 Å². The van der Waals surface area contributed by atoms with Gasteiger partial charge in [-0.2, -0.15) is 0 Å². The van der Waals surface area contributed by atoms with Gasteiger partial charge in [-0.1, -0.05) is 51.5 Å². The predicted molar refractivity (Wildman–Crippen MR) is 104 cm³/mol. The van der Waals surface area contributed by atoms with Crippen molar-refractivity contribution in [3.05, 3.63) is 53.1 Å². The van der Waals surface area contributed by atoms with Crippen LogP contribution in [0.4, 0.5) is 4.79 Å². The fourth-order valence-corrected chi connectivity index (χ4v) is 4.01. The number of aryl methyl sites for hydroxylation is 1. The zero-order valence-corrected chi connectivity index (χ0v) is 15.9. The zero-order chi connectivity index (χ0) is 18.9. The van der Waals surface area contributed by atoms with Crippen LogP contribution in [0.1, 0.15) is 49.9 Å². The number of rotatable bonds is 5. The normalized spacial score (nSPS) is 17.6. The molecule has 0 aromatic heterocycles. The summed E-state index contributed by atoms with van der Waals surface area (Å²) in [5.74, 6) is 0.780. The molecule has 0 heterocycles. The number of hydrogen-bond acceptors (Lipinski definition) is 2. The Morgan fingerprint density at radius 3 is 2.54 bits per heavy atom. The fourth-order valence-electron chi connectivity index (χ4n) is 4.01. The minimum absolute atomic E-state index is 0.171. The fraction of sp³-hybridized carbons (Fsp3) is 0.409. The van der Waals surface area contributed by atoms with Gasteiger partial charge in [0, 0.05) is 5.56 Å². The first kappa shape index (κ1) is 18.3. The SMILES string of the molecule is CCCc1ccc(-c2cc3c(cc2OC)C(NC(=O)O)C(C)(C)C3)cc1. The Morgan fingerprint density at radius 1 is 1.27 bits per heavy atom. The van der Waals surface area contributed by atoms with Crippen molar-refractivity contribution in [2.45, 2.75) is 46.1 Å². The number of carboxylic acid groups (broad SMARTS) is 1. The first-order chi connectivity index (χ1) is 12.4. The van der Waals surface area contributed by atoms with Gasteiger partial charge in [0.05, 0.1) is 13.2 Å². The molecule has 0 bridgehead atoms. The molecule has 1 atom stereocenters. The van der Waals surface area contributed by atoms with E-state index in [2.05, 4.69) is 56.4 Å². The van der Waals surface area contributed by atoms with E-state index in [1.165, 1.54) is 11.1 Å². The summed E-state index contributed by atoms with van der Waals surface area (Å²) >= 11 is 0. The van der Waals surface area contributed by atoms with Crippen LogP contribution in [0.25, 0.3) is 11.1 Å². The molecule has 2 aromatic carbocycles. The maximum absolute atomic E-state index is 11.2. The van der Waals surface area contributed by atoms with Crippen LogP contribution in [-0.2, 0) is 12.8 Å². The quantitative estimate of drug-likeness (QED) is 0.776. The molecule has 1 amide bonds. The van der Waals surface area contributed by atoms with Gasteiger partial charge in [0.25, 0.3) is 0 Å². The molecule has 0 saturated heterocycles. The summed E-state index contributed by atoms with van der Waals surface area (Å²) in [6, 6.07) is 12.6. The molecule has 0 aliphatic heterocycles. The lowest BCUT2D eigenvalue weighted by Crippen LogP contribution is -2.34. The second-order valence-electron chi connectivity index (χ2n) is 7.75. The second-order valence-corrected chi connectivity index (χ2v) is 7.75. The molecule has 26 heavy (non-hydrogen) atoms. The molecule has 0 spiro atoms. The highest BCUT2D eigenvalue weighted by Gasteiger charge is 2.40. The van der Waals surface area contributed by atoms with Gasteiger partial charge in [0.2, 0.25) is 0 Å². The number of amides is 1. The maximum atomic E-state index is 11.2. The van der Waals surface area contributed by atoms with Crippen molar-refractivity contribution in [1.29, 1.82) is 0 Å². The summed E-state index contributed by atoms with van der Waals surface area (Å²) in [5.41, 5.74) is 5.54. The maximum Gasteiger partial charge on any atom is 0.405 e. The lowest BCUT2D eigenvalue weighted by atomic mass is 9.85. The average Bonchev–Trinajstić information content (AvgIpc) is 2.84. The number of carbonyl (C=O) groups is 1. The Labute approximate surface area is 155 Å². The lowest BCUT2D eigenvalue weighted by Gasteiger charge is -2.27. The summed E-state index contributed by atoms with van der Waals surface area (Å²) in [6.07, 6.45) is 2.05. The number of fused-ring (bicyclic) bond motifs is 1. The van der Waals surface area contributed by atoms with Crippen molar-refractivity contribution in [2.24, 2.45) is 5.41 Å². The molecule has 0 fully saturated rings. The van der Waals surface area contributed by atoms with E-state index in [-0.39, 0.29) is 11.5 Å². The molecular weight excluding hydrogens is 326 g/mol. The van der Waals surface area contributed by atoms with Crippen LogP contribution >= 0.6 is 0 Å². The van der Waals surface area contributed by atoms with Gasteiger partial charge < -0.3 is 15.2 Å². The highest BCUT2D eigenvalue weighted by atomic mass is 16.5. The average molecular weight is 353 g/mol. The second kappa shape index (κ2) is 7.02. The highest BCUT2D eigenvalue weighted by Crippen LogP contribution is 2.48. The summed E-state index contributed by atoms with van der Waals surface area (Å²) < 4.78 is 5.65. The largest absolute Gasteiger partial charge is 0.496 e. The Hall–Kier alpha value is -2.49. The van der Waals surface area contributed by atoms with Gasteiger partial charge in [-0.25, -0.2) is 4.79 Å². The molecule has 4 nitrogen and oxygen atoms in total. The monoisotopic (exact) mass is 353 g/mol. The van der Waals surface area contributed by atoms with Crippen LogP contribution < -0.4 is 10.1 Å². The van der Waals surface area contributed by atoms with Gasteiger partial charge in [-0.15, -0.1) is 0 Å². The van der Waals surface area contributed by atoms with Crippen molar-refractivity contribution >= 4 is 6.09 Å². The summed E-state index contributed by atoms with van der Waals surface area (Å²) in [7, 11) is 1.66. The third-order valence-electron chi connectivity index (χ3n) is 5.27. The van der Waals surface area contributed by atoms with Gasteiger partial charge in [0.15, 0.2) is 0 Å². The van der Waals surface area contributed by atoms with E-state index in [0.29, 0.717) is 0 Å². The molecule has 1 aliphatic carbocycles. The van der Waals surface area contributed by atoms with Crippen molar-refractivity contribution < 1.29 is 14.6 Å². The molecule has 1 unspecified atom stereocenters. The number of nitrogens with one attached hydrogen (secondary N) is 1. The molecule has 4 heteroatoms. The number of benzene rings is 2. The third kappa shape index (κ3) is 3.41. The van der Waals surface area contributed by atoms with Crippen molar-refractivity contribution in [3.8, 4) is 16.9 Å². The van der Waals surface area contributed by atoms with E-state index < -0.39 is 6.09 Å². The van der Waals surface area contributed by atoms with Crippen LogP contribution in [0.5, 0.6) is 5.75 Å². The molecule has 2 aromatic rings. The Bertz CT molecular complexity index is 809. The molecule has 138 valence electrons. The van der Waals surface area contributed by atoms with Crippen molar-refractivity contribution in [3.63, 3.8) is 0 Å². The minimum atomic E-state index is -0.995. The summed E-state index contributed by atoms with van der Waals surface area (Å²) in [5, 5.41) is 11.9. The van der Waals surface area contributed by atoms with E-state index in [1.807, 2.05) is 6.07 Å².